The molecule has 0 spiro atoms. The van der Waals surface area contributed by atoms with Gasteiger partial charge in [-0.1, -0.05) is 18.2 Å². The van der Waals surface area contributed by atoms with Gasteiger partial charge in [0.25, 0.3) is 0 Å². The molecule has 0 aromatic heterocycles. The van der Waals surface area contributed by atoms with E-state index in [0.29, 0.717) is 5.11 Å². The largest absolute Gasteiger partial charge is 0.484 e. The van der Waals surface area contributed by atoms with Crippen LogP contribution in [0.25, 0.3) is 0 Å². The highest BCUT2D eigenvalue weighted by molar-refractivity contribution is 7.80. The van der Waals surface area contributed by atoms with Crippen LogP contribution < -0.4 is 4.74 Å². The second-order valence-electron chi connectivity index (χ2n) is 3.83. The van der Waals surface area contributed by atoms with Gasteiger partial charge in [0, 0.05) is 0 Å². The number of hydrogen-bond donors (Lipinski definition) is 0. The molecule has 0 fully saturated rings. The van der Waals surface area contributed by atoms with Crippen molar-refractivity contribution in [2.75, 3.05) is 0 Å². The highest BCUT2D eigenvalue weighted by Crippen LogP contribution is 2.27. The van der Waals surface area contributed by atoms with Gasteiger partial charge < -0.3 is 4.74 Å². The van der Waals surface area contributed by atoms with Gasteiger partial charge >= 0.3 is 0 Å². The fraction of sp³-hybridized carbons (Fsp3) is 0.250. The van der Waals surface area contributed by atoms with Gasteiger partial charge in [-0.05, 0) is 36.7 Å². The molecule has 0 amide bonds. The Kier molecular flexibility index (Phi) is 2.29. The van der Waals surface area contributed by atoms with Crippen LogP contribution in [-0.4, -0.2) is 23.1 Å². The Balaban J connectivity index is 1.86. The molecule has 1 unspecified atom stereocenters. The molecule has 3 rings (SSSR count). The molecule has 1 atom stereocenters. The van der Waals surface area contributed by atoms with Crippen LogP contribution in [0.4, 0.5) is 0 Å². The summed E-state index contributed by atoms with van der Waals surface area (Å²) in [5, 5.41) is 0.400. The molecule has 2 heterocycles. The molecule has 0 saturated heterocycles. The fourth-order valence-corrected chi connectivity index (χ4v) is 2.14. The monoisotopic (exact) mass is 230 g/mol. The summed E-state index contributed by atoms with van der Waals surface area (Å²) >= 11 is 4.90. The molecule has 0 radical (unpaired) electrons. The van der Waals surface area contributed by atoms with E-state index in [1.165, 1.54) is 5.56 Å². The Morgan fingerprint density at radius 3 is 3.00 bits per heavy atom. The standard InChI is InChI=1S/C12H10N2OS/c16-12-13-7-9(14-12)11-6-5-8-3-1-2-4-10(8)15-11/h1-4,7,11H,5-6H2. The number of benzene rings is 1. The normalized spacial score (nSPS) is 22.6. The molecule has 0 saturated carbocycles. The highest BCUT2D eigenvalue weighted by atomic mass is 32.1. The summed E-state index contributed by atoms with van der Waals surface area (Å²) in [5.41, 5.74) is 2.11. The van der Waals surface area contributed by atoms with Crippen molar-refractivity contribution in [3.8, 4) is 5.75 Å². The summed E-state index contributed by atoms with van der Waals surface area (Å²) in [6, 6.07) is 8.11. The zero-order valence-corrected chi connectivity index (χ0v) is 9.41. The number of para-hydroxylation sites is 1. The summed E-state index contributed by atoms with van der Waals surface area (Å²) in [6.07, 6.45) is 3.66. The lowest BCUT2D eigenvalue weighted by Crippen LogP contribution is -2.31. The number of nitrogens with zero attached hydrogens (tertiary/aromatic N) is 2. The van der Waals surface area contributed by atoms with E-state index >= 15 is 0 Å². The first-order chi connectivity index (χ1) is 7.83. The smallest absolute Gasteiger partial charge is 0.219 e. The van der Waals surface area contributed by atoms with E-state index in [1.54, 1.807) is 6.21 Å². The Morgan fingerprint density at radius 2 is 2.19 bits per heavy atom. The number of fused-ring (bicyclic) bond motifs is 1. The lowest BCUT2D eigenvalue weighted by atomic mass is 10.00. The second-order valence-corrected chi connectivity index (χ2v) is 4.20. The van der Waals surface area contributed by atoms with Gasteiger partial charge in [-0.2, -0.15) is 0 Å². The van der Waals surface area contributed by atoms with E-state index in [1.807, 2.05) is 18.2 Å². The summed E-state index contributed by atoms with van der Waals surface area (Å²) in [5.74, 6) is 0.952. The zero-order valence-electron chi connectivity index (χ0n) is 8.59. The first-order valence-electron chi connectivity index (χ1n) is 5.24. The van der Waals surface area contributed by atoms with Crippen LogP contribution in [0.1, 0.15) is 12.0 Å². The summed E-state index contributed by atoms with van der Waals surface area (Å²) < 4.78 is 5.88. The Bertz CT molecular complexity index is 507. The highest BCUT2D eigenvalue weighted by Gasteiger charge is 2.25. The van der Waals surface area contributed by atoms with Crippen LogP contribution in [0.15, 0.2) is 34.3 Å². The molecule has 3 nitrogen and oxygen atoms in total. The van der Waals surface area contributed by atoms with E-state index < -0.39 is 0 Å². The molecule has 4 heteroatoms. The van der Waals surface area contributed by atoms with E-state index in [0.717, 1.165) is 24.3 Å². The van der Waals surface area contributed by atoms with Crippen LogP contribution >= 0.6 is 12.2 Å². The van der Waals surface area contributed by atoms with Gasteiger partial charge in [0.15, 0.2) is 0 Å². The van der Waals surface area contributed by atoms with Crippen LogP contribution in [0.3, 0.4) is 0 Å². The van der Waals surface area contributed by atoms with Crippen LogP contribution in [-0.2, 0) is 6.42 Å². The van der Waals surface area contributed by atoms with Crippen molar-refractivity contribution in [1.82, 2.24) is 0 Å². The molecular weight excluding hydrogens is 220 g/mol. The van der Waals surface area contributed by atoms with Gasteiger partial charge in [0.1, 0.15) is 17.6 Å². The summed E-state index contributed by atoms with van der Waals surface area (Å²) in [6.45, 7) is 0. The maximum atomic E-state index is 5.88. The average Bonchev–Trinajstić information content (AvgIpc) is 2.75. The van der Waals surface area contributed by atoms with Crippen molar-refractivity contribution in [3.05, 3.63) is 29.8 Å². The third-order valence-electron chi connectivity index (χ3n) is 2.78. The predicted molar refractivity (Wildman–Crippen MR) is 67.7 cm³/mol. The predicted octanol–water partition coefficient (Wildman–Crippen LogP) is 2.19. The third kappa shape index (κ3) is 1.65. The molecular formula is C12H10N2OS. The third-order valence-corrected chi connectivity index (χ3v) is 2.98. The van der Waals surface area contributed by atoms with Crippen LogP contribution in [0.5, 0.6) is 5.75 Å². The maximum Gasteiger partial charge on any atom is 0.219 e. The van der Waals surface area contributed by atoms with Gasteiger partial charge in [0.05, 0.1) is 6.21 Å². The molecule has 80 valence electrons. The van der Waals surface area contributed by atoms with Crippen molar-refractivity contribution < 1.29 is 4.74 Å². The van der Waals surface area contributed by atoms with Crippen molar-refractivity contribution in [2.45, 2.75) is 18.9 Å². The maximum absolute atomic E-state index is 5.88. The Morgan fingerprint density at radius 1 is 1.31 bits per heavy atom. The van der Waals surface area contributed by atoms with Crippen LogP contribution in [0.2, 0.25) is 0 Å². The topological polar surface area (TPSA) is 34.0 Å². The van der Waals surface area contributed by atoms with Crippen molar-refractivity contribution in [3.63, 3.8) is 0 Å². The molecule has 2 aliphatic heterocycles. The number of hydrogen-bond acceptors (Lipinski definition) is 2. The van der Waals surface area contributed by atoms with Gasteiger partial charge in [0.2, 0.25) is 5.11 Å². The minimum absolute atomic E-state index is 0.000833. The number of aliphatic imine (C=N–C) groups is 2. The van der Waals surface area contributed by atoms with Crippen molar-refractivity contribution in [2.24, 2.45) is 9.98 Å². The molecule has 1 aromatic carbocycles. The number of ether oxygens (including phenoxy) is 1. The summed E-state index contributed by atoms with van der Waals surface area (Å²) in [7, 11) is 0. The Labute approximate surface area is 98.9 Å². The number of thiocarbonyl (C=S) groups is 1. The second kappa shape index (κ2) is 3.79. The summed E-state index contributed by atoms with van der Waals surface area (Å²) in [4.78, 5) is 8.16. The lowest BCUT2D eigenvalue weighted by molar-refractivity contribution is 0.238. The first kappa shape index (κ1) is 9.66. The van der Waals surface area contributed by atoms with Crippen LogP contribution in [0, 0.1) is 0 Å². The van der Waals surface area contributed by atoms with Gasteiger partial charge in [-0.25, -0.2) is 9.98 Å². The quantitative estimate of drug-likeness (QED) is 0.693. The van der Waals surface area contributed by atoms with E-state index in [-0.39, 0.29) is 6.10 Å². The van der Waals surface area contributed by atoms with E-state index in [2.05, 4.69) is 16.1 Å². The average molecular weight is 230 g/mol. The van der Waals surface area contributed by atoms with E-state index in [4.69, 9.17) is 17.0 Å². The molecule has 0 aliphatic carbocycles. The number of rotatable bonds is 1. The lowest BCUT2D eigenvalue weighted by Gasteiger charge is -2.25. The molecule has 0 bridgehead atoms. The van der Waals surface area contributed by atoms with Crippen molar-refractivity contribution in [1.29, 1.82) is 0 Å². The molecule has 1 aromatic rings. The zero-order chi connectivity index (χ0) is 11.0. The van der Waals surface area contributed by atoms with Gasteiger partial charge in [-0.15, -0.1) is 0 Å². The van der Waals surface area contributed by atoms with Gasteiger partial charge in [-0.3, -0.25) is 0 Å². The minimum atomic E-state index is -0.000833. The molecule has 16 heavy (non-hydrogen) atoms. The fourth-order valence-electron chi connectivity index (χ4n) is 1.98. The SMILES string of the molecule is S=C1N=CC(C2CCc3ccccc3O2)=N1. The van der Waals surface area contributed by atoms with Crippen molar-refractivity contribution >= 4 is 29.3 Å². The molecule has 2 aliphatic rings. The first-order valence-corrected chi connectivity index (χ1v) is 5.65. The minimum Gasteiger partial charge on any atom is -0.484 e. The number of aryl methyl sites for hydroxylation is 1. The van der Waals surface area contributed by atoms with E-state index in [9.17, 15) is 0 Å². The molecule has 0 N–H and O–H groups in total. The Hall–Kier alpha value is -1.55.